The quantitative estimate of drug-likeness (QED) is 0.653. The van der Waals surface area contributed by atoms with E-state index in [2.05, 4.69) is 9.62 Å². The first-order valence-corrected chi connectivity index (χ1v) is 11.6. The zero-order valence-electron chi connectivity index (χ0n) is 15.8. The summed E-state index contributed by atoms with van der Waals surface area (Å²) in [5.41, 5.74) is 2.16. The third kappa shape index (κ3) is 6.01. The van der Waals surface area contributed by atoms with E-state index in [1.807, 2.05) is 12.1 Å². The molecule has 28 heavy (non-hydrogen) atoms. The molecule has 0 atom stereocenters. The molecule has 1 N–H and O–H groups in total. The van der Waals surface area contributed by atoms with Gasteiger partial charge in [-0.25, -0.2) is 17.5 Å². The van der Waals surface area contributed by atoms with E-state index in [0.29, 0.717) is 10.8 Å². The number of hydrogen-bond donors (Lipinski definition) is 1. The summed E-state index contributed by atoms with van der Waals surface area (Å²) in [7, 11) is -3.51. The van der Waals surface area contributed by atoms with Crippen LogP contribution in [0.15, 0.2) is 53.4 Å². The number of likely N-dealkylation sites (tertiary alicyclic amines) is 1. The average molecular weight is 425 g/mol. The molecule has 4 nitrogen and oxygen atoms in total. The summed E-state index contributed by atoms with van der Waals surface area (Å²) in [5, 5.41) is 0. The Balaban J connectivity index is 1.51. The standard InChI is InChI=1S/C21H26ClFN2O2S/c22-13-1-2-17-5-9-21(10-6-17)28(26,27)24-20-11-14-25(15-12-20)16-18-3-7-19(23)8-4-18/h3-10,20,24H,1-2,11-16H2. The Morgan fingerprint density at radius 3 is 2.21 bits per heavy atom. The van der Waals surface area contributed by atoms with Crippen LogP contribution in [0, 0.1) is 5.82 Å². The Kier molecular flexibility index (Phi) is 7.46. The molecule has 1 saturated heterocycles. The van der Waals surface area contributed by atoms with E-state index in [-0.39, 0.29) is 11.9 Å². The highest BCUT2D eigenvalue weighted by molar-refractivity contribution is 7.89. The van der Waals surface area contributed by atoms with Gasteiger partial charge in [0.05, 0.1) is 4.90 Å². The monoisotopic (exact) mass is 424 g/mol. The predicted octanol–water partition coefficient (Wildman–Crippen LogP) is 3.94. The van der Waals surface area contributed by atoms with Crippen molar-refractivity contribution in [2.24, 2.45) is 0 Å². The van der Waals surface area contributed by atoms with Gasteiger partial charge in [-0.05, 0) is 61.1 Å². The number of benzene rings is 2. The van der Waals surface area contributed by atoms with Crippen LogP contribution in [0.5, 0.6) is 0 Å². The molecule has 1 aliphatic heterocycles. The Labute approximate surface area is 171 Å². The molecule has 0 aliphatic carbocycles. The molecule has 0 bridgehead atoms. The van der Waals surface area contributed by atoms with Gasteiger partial charge < -0.3 is 0 Å². The molecule has 3 rings (SSSR count). The lowest BCUT2D eigenvalue weighted by Gasteiger charge is -2.32. The lowest BCUT2D eigenvalue weighted by molar-refractivity contribution is 0.200. The third-order valence-electron chi connectivity index (χ3n) is 5.06. The van der Waals surface area contributed by atoms with Crippen molar-refractivity contribution in [1.29, 1.82) is 0 Å². The first kappa shape index (κ1) is 21.2. The van der Waals surface area contributed by atoms with Crippen molar-refractivity contribution in [3.05, 3.63) is 65.5 Å². The first-order valence-electron chi connectivity index (χ1n) is 9.60. The molecule has 1 heterocycles. The van der Waals surface area contributed by atoms with Gasteiger partial charge in [-0.15, -0.1) is 11.6 Å². The predicted molar refractivity (Wildman–Crippen MR) is 111 cm³/mol. The van der Waals surface area contributed by atoms with Gasteiger partial charge in [0.25, 0.3) is 0 Å². The third-order valence-corrected chi connectivity index (χ3v) is 6.87. The van der Waals surface area contributed by atoms with E-state index in [4.69, 9.17) is 11.6 Å². The van der Waals surface area contributed by atoms with Crippen molar-refractivity contribution in [3.8, 4) is 0 Å². The highest BCUT2D eigenvalue weighted by Gasteiger charge is 2.24. The highest BCUT2D eigenvalue weighted by Crippen LogP contribution is 2.18. The van der Waals surface area contributed by atoms with Crippen LogP contribution < -0.4 is 4.72 Å². The molecule has 0 saturated carbocycles. The number of sulfonamides is 1. The molecule has 7 heteroatoms. The van der Waals surface area contributed by atoms with Crippen LogP contribution in [0.3, 0.4) is 0 Å². The van der Waals surface area contributed by atoms with E-state index in [9.17, 15) is 12.8 Å². The molecule has 0 spiro atoms. The lowest BCUT2D eigenvalue weighted by Crippen LogP contribution is -2.44. The van der Waals surface area contributed by atoms with Crippen molar-refractivity contribution in [2.75, 3.05) is 19.0 Å². The minimum Gasteiger partial charge on any atom is -0.299 e. The van der Waals surface area contributed by atoms with Crippen LogP contribution in [0.4, 0.5) is 4.39 Å². The fourth-order valence-corrected chi connectivity index (χ4v) is 4.89. The minimum absolute atomic E-state index is 0.0645. The van der Waals surface area contributed by atoms with Crippen molar-refractivity contribution in [3.63, 3.8) is 0 Å². The second-order valence-corrected chi connectivity index (χ2v) is 9.33. The van der Waals surface area contributed by atoms with Crippen molar-refractivity contribution < 1.29 is 12.8 Å². The van der Waals surface area contributed by atoms with Gasteiger partial charge >= 0.3 is 0 Å². The number of nitrogens with zero attached hydrogens (tertiary/aromatic N) is 1. The van der Waals surface area contributed by atoms with Crippen LogP contribution in [0.25, 0.3) is 0 Å². The molecule has 0 unspecified atom stereocenters. The van der Waals surface area contributed by atoms with Gasteiger partial charge in [-0.3, -0.25) is 4.90 Å². The average Bonchev–Trinajstić information content (AvgIpc) is 2.70. The summed E-state index contributed by atoms with van der Waals surface area (Å²) < 4.78 is 41.1. The number of halogens is 2. The number of piperidine rings is 1. The Morgan fingerprint density at radius 2 is 1.61 bits per heavy atom. The number of hydrogen-bond acceptors (Lipinski definition) is 3. The van der Waals surface area contributed by atoms with Crippen molar-refractivity contribution >= 4 is 21.6 Å². The van der Waals surface area contributed by atoms with E-state index >= 15 is 0 Å². The Hall–Kier alpha value is -1.47. The van der Waals surface area contributed by atoms with E-state index in [0.717, 1.165) is 56.4 Å². The molecule has 1 aliphatic rings. The fourth-order valence-electron chi connectivity index (χ4n) is 3.45. The molecule has 2 aromatic carbocycles. The van der Waals surface area contributed by atoms with Gasteiger partial charge in [0.15, 0.2) is 0 Å². The minimum atomic E-state index is -3.51. The summed E-state index contributed by atoms with van der Waals surface area (Å²) in [4.78, 5) is 2.57. The van der Waals surface area contributed by atoms with E-state index in [1.165, 1.54) is 12.1 Å². The molecule has 1 fully saturated rings. The van der Waals surface area contributed by atoms with Crippen LogP contribution in [0.2, 0.25) is 0 Å². The Bertz CT molecular complexity index is 849. The lowest BCUT2D eigenvalue weighted by atomic mass is 10.1. The van der Waals surface area contributed by atoms with Gasteiger partial charge in [0.2, 0.25) is 10.0 Å². The molecular weight excluding hydrogens is 399 g/mol. The summed E-state index contributed by atoms with van der Waals surface area (Å²) in [5.74, 6) is 0.366. The largest absolute Gasteiger partial charge is 0.299 e. The highest BCUT2D eigenvalue weighted by atomic mass is 35.5. The van der Waals surface area contributed by atoms with Crippen LogP contribution in [-0.4, -0.2) is 38.3 Å². The zero-order chi connectivity index (χ0) is 20.0. The second kappa shape index (κ2) is 9.83. The van der Waals surface area contributed by atoms with Crippen molar-refractivity contribution in [1.82, 2.24) is 9.62 Å². The van der Waals surface area contributed by atoms with Crippen molar-refractivity contribution in [2.45, 2.75) is 43.2 Å². The molecule has 0 amide bonds. The summed E-state index contributed by atoms with van der Waals surface area (Å²) in [6.45, 7) is 2.37. The topological polar surface area (TPSA) is 49.4 Å². The molecule has 152 valence electrons. The maximum absolute atomic E-state index is 13.0. The fraction of sp³-hybridized carbons (Fsp3) is 0.429. The SMILES string of the molecule is O=S(=O)(NC1CCN(Cc2ccc(F)cc2)CC1)c1ccc(CCCCl)cc1. The maximum atomic E-state index is 13.0. The number of nitrogens with one attached hydrogen (secondary N) is 1. The number of alkyl halides is 1. The normalized spacial score (nSPS) is 16.4. The second-order valence-electron chi connectivity index (χ2n) is 7.23. The van der Waals surface area contributed by atoms with Crippen LogP contribution in [0.1, 0.15) is 30.4 Å². The van der Waals surface area contributed by atoms with E-state index in [1.54, 1.807) is 24.3 Å². The number of aryl methyl sites for hydroxylation is 1. The maximum Gasteiger partial charge on any atom is 0.240 e. The summed E-state index contributed by atoms with van der Waals surface area (Å²) in [6.07, 6.45) is 3.24. The zero-order valence-corrected chi connectivity index (χ0v) is 17.4. The molecule has 0 radical (unpaired) electrons. The summed E-state index contributed by atoms with van der Waals surface area (Å²) >= 11 is 5.70. The van der Waals surface area contributed by atoms with E-state index < -0.39 is 10.0 Å². The van der Waals surface area contributed by atoms with Gasteiger partial charge in [-0.2, -0.15) is 0 Å². The van der Waals surface area contributed by atoms with Crippen LogP contribution in [-0.2, 0) is 23.0 Å². The smallest absolute Gasteiger partial charge is 0.240 e. The molecular formula is C21H26ClFN2O2S. The molecule has 0 aromatic heterocycles. The Morgan fingerprint density at radius 1 is 1.00 bits per heavy atom. The molecule has 2 aromatic rings. The summed E-state index contributed by atoms with van der Waals surface area (Å²) in [6, 6.07) is 13.5. The van der Waals surface area contributed by atoms with Gasteiger partial charge in [0, 0.05) is 31.6 Å². The van der Waals surface area contributed by atoms with Gasteiger partial charge in [0.1, 0.15) is 5.82 Å². The number of rotatable bonds is 8. The van der Waals surface area contributed by atoms with Crippen LogP contribution >= 0.6 is 11.6 Å². The van der Waals surface area contributed by atoms with Gasteiger partial charge in [-0.1, -0.05) is 24.3 Å². The first-order chi connectivity index (χ1) is 13.5.